The summed E-state index contributed by atoms with van der Waals surface area (Å²) < 4.78 is 11.8. The lowest BCUT2D eigenvalue weighted by Crippen LogP contribution is -2.33. The third kappa shape index (κ3) is 7.46. The molecule has 1 aliphatic heterocycles. The van der Waals surface area contributed by atoms with Crippen LogP contribution >= 0.6 is 11.6 Å². The maximum Gasteiger partial charge on any atom is 0.202 e. The molecule has 4 rings (SSSR count). The van der Waals surface area contributed by atoms with Crippen LogP contribution in [0.3, 0.4) is 0 Å². The molecule has 1 aliphatic rings. The minimum Gasteiger partial charge on any atom is -0.493 e. The van der Waals surface area contributed by atoms with E-state index in [4.69, 9.17) is 26.1 Å². The van der Waals surface area contributed by atoms with Gasteiger partial charge in [0.05, 0.1) is 29.9 Å². The van der Waals surface area contributed by atoms with Crippen molar-refractivity contribution in [2.75, 3.05) is 52.3 Å². The van der Waals surface area contributed by atoms with Crippen LogP contribution in [0.5, 0.6) is 11.5 Å². The summed E-state index contributed by atoms with van der Waals surface area (Å²) in [5, 5.41) is 14.7. The molecule has 0 bridgehead atoms. The topological polar surface area (TPSA) is 105 Å². The quantitative estimate of drug-likeness (QED) is 0.149. The molecule has 0 radical (unpaired) electrons. The summed E-state index contributed by atoms with van der Waals surface area (Å²) in [5.74, 6) is 3.12. The standard InChI is InChI=1S/C28H38ClN7O2/c1-19-7-4-9-22(29)26(19)35-28(32-12-6-11-30-2)36-27-21-15-24(37-3)25(16-23(21)33-18-34-27)38-14-5-8-20-10-13-31-17-20/h4,7,9,15-16,18,20,30-31H,5-6,8,10-14,17H2,1-3H3,(H2,32,33,34,35,36). The van der Waals surface area contributed by atoms with Gasteiger partial charge in [-0.1, -0.05) is 23.7 Å². The molecule has 0 saturated carbocycles. The van der Waals surface area contributed by atoms with E-state index in [9.17, 15) is 0 Å². The van der Waals surface area contributed by atoms with Crippen molar-refractivity contribution in [1.29, 1.82) is 0 Å². The molecule has 1 fully saturated rings. The van der Waals surface area contributed by atoms with Gasteiger partial charge in [-0.2, -0.15) is 4.99 Å². The predicted octanol–water partition coefficient (Wildman–Crippen LogP) is 4.67. The molecule has 2 aromatic carbocycles. The molecule has 38 heavy (non-hydrogen) atoms. The number of nitrogens with zero attached hydrogens (tertiary/aromatic N) is 3. The fraction of sp³-hybridized carbons (Fsp3) is 0.464. The Morgan fingerprint density at radius 2 is 2.08 bits per heavy atom. The smallest absolute Gasteiger partial charge is 0.202 e. The van der Waals surface area contributed by atoms with Gasteiger partial charge in [-0.3, -0.25) is 0 Å². The molecule has 2 heterocycles. The number of aliphatic imine (C=N–C) groups is 1. The monoisotopic (exact) mass is 539 g/mol. The number of methoxy groups -OCH3 is 1. The van der Waals surface area contributed by atoms with Gasteiger partial charge in [0.1, 0.15) is 6.33 Å². The highest BCUT2D eigenvalue weighted by Crippen LogP contribution is 2.35. The Hall–Kier alpha value is -3.14. The van der Waals surface area contributed by atoms with Gasteiger partial charge in [-0.25, -0.2) is 9.97 Å². The number of guanidine groups is 1. The fourth-order valence-electron chi connectivity index (χ4n) is 4.52. The van der Waals surface area contributed by atoms with Gasteiger partial charge in [-0.05, 0) is 82.9 Å². The first-order valence-corrected chi connectivity index (χ1v) is 13.6. The van der Waals surface area contributed by atoms with Crippen molar-refractivity contribution < 1.29 is 9.47 Å². The van der Waals surface area contributed by atoms with Gasteiger partial charge in [-0.15, -0.1) is 0 Å². The zero-order chi connectivity index (χ0) is 26.7. The van der Waals surface area contributed by atoms with Crippen LogP contribution in [-0.4, -0.2) is 62.9 Å². The molecule has 0 spiro atoms. The second kappa shape index (κ2) is 14.1. The van der Waals surface area contributed by atoms with Crippen LogP contribution in [0, 0.1) is 12.8 Å². The van der Waals surface area contributed by atoms with Crippen molar-refractivity contribution in [1.82, 2.24) is 25.9 Å². The molecular weight excluding hydrogens is 502 g/mol. The second-order valence-corrected chi connectivity index (χ2v) is 9.88. The maximum atomic E-state index is 6.49. The van der Waals surface area contributed by atoms with Gasteiger partial charge in [0, 0.05) is 18.0 Å². The summed E-state index contributed by atoms with van der Waals surface area (Å²) in [4.78, 5) is 13.8. The molecule has 1 saturated heterocycles. The number of rotatable bonds is 12. The number of ether oxygens (including phenoxy) is 2. The molecule has 0 aliphatic carbocycles. The number of benzene rings is 2. The molecule has 4 N–H and O–H groups in total. The van der Waals surface area contributed by atoms with Crippen molar-refractivity contribution >= 4 is 40.0 Å². The lowest BCUT2D eigenvalue weighted by Gasteiger charge is -2.16. The highest BCUT2D eigenvalue weighted by atomic mass is 35.5. The first-order valence-electron chi connectivity index (χ1n) is 13.2. The Morgan fingerprint density at radius 1 is 1.18 bits per heavy atom. The first-order chi connectivity index (χ1) is 18.6. The van der Waals surface area contributed by atoms with Crippen LogP contribution in [0.15, 0.2) is 41.7 Å². The number of halogens is 1. The molecule has 1 unspecified atom stereocenters. The van der Waals surface area contributed by atoms with Gasteiger partial charge in [0.25, 0.3) is 0 Å². The van der Waals surface area contributed by atoms with Crippen molar-refractivity contribution in [2.24, 2.45) is 10.9 Å². The SMILES string of the molecule is CNCCCNC(=Nc1ncnc2cc(OCCCC3CCNC3)c(OC)cc12)Nc1c(C)cccc1Cl. The molecule has 10 heteroatoms. The van der Waals surface area contributed by atoms with E-state index in [0.29, 0.717) is 34.9 Å². The molecule has 204 valence electrons. The van der Waals surface area contributed by atoms with Gasteiger partial charge >= 0.3 is 0 Å². The first kappa shape index (κ1) is 27.9. The van der Waals surface area contributed by atoms with Crippen LogP contribution in [-0.2, 0) is 0 Å². The summed E-state index contributed by atoms with van der Waals surface area (Å²) in [6.07, 6.45) is 5.85. The Balaban J connectivity index is 1.57. The van der Waals surface area contributed by atoms with E-state index in [-0.39, 0.29) is 0 Å². The molecule has 3 aromatic rings. The number of hydrogen-bond donors (Lipinski definition) is 4. The fourth-order valence-corrected chi connectivity index (χ4v) is 4.79. The Labute approximate surface area is 229 Å². The summed E-state index contributed by atoms with van der Waals surface area (Å²) in [7, 11) is 3.58. The van der Waals surface area contributed by atoms with Crippen molar-refractivity contribution in [3.8, 4) is 11.5 Å². The van der Waals surface area contributed by atoms with E-state index < -0.39 is 0 Å². The minimum absolute atomic E-state index is 0.516. The van der Waals surface area contributed by atoms with Crippen molar-refractivity contribution in [3.05, 3.63) is 47.2 Å². The van der Waals surface area contributed by atoms with Gasteiger partial charge in [0.15, 0.2) is 17.3 Å². The maximum absolute atomic E-state index is 6.49. The van der Waals surface area contributed by atoms with Crippen molar-refractivity contribution in [3.63, 3.8) is 0 Å². The number of aromatic nitrogens is 2. The largest absolute Gasteiger partial charge is 0.493 e. The van der Waals surface area contributed by atoms with Crippen LogP contribution in [0.25, 0.3) is 10.9 Å². The van der Waals surface area contributed by atoms with Crippen LogP contribution in [0.4, 0.5) is 11.5 Å². The lowest BCUT2D eigenvalue weighted by atomic mass is 10.0. The average Bonchev–Trinajstić information content (AvgIpc) is 3.44. The van der Waals surface area contributed by atoms with E-state index >= 15 is 0 Å². The molecule has 1 aromatic heterocycles. The zero-order valence-corrected chi connectivity index (χ0v) is 23.2. The Morgan fingerprint density at radius 3 is 2.84 bits per heavy atom. The van der Waals surface area contributed by atoms with Crippen LogP contribution in [0.1, 0.15) is 31.2 Å². The highest BCUT2D eigenvalue weighted by Gasteiger charge is 2.16. The molecule has 0 amide bonds. The van der Waals surface area contributed by atoms with E-state index in [2.05, 4.69) is 31.2 Å². The second-order valence-electron chi connectivity index (χ2n) is 9.47. The molecule has 1 atom stereocenters. The summed E-state index contributed by atoms with van der Waals surface area (Å²) in [6.45, 7) is 6.48. The summed E-state index contributed by atoms with van der Waals surface area (Å²) in [6, 6.07) is 9.58. The molecular formula is C28H38ClN7O2. The number of para-hydroxylation sites is 1. The van der Waals surface area contributed by atoms with Crippen molar-refractivity contribution in [2.45, 2.75) is 32.6 Å². The number of aryl methyl sites for hydroxylation is 1. The molecule has 9 nitrogen and oxygen atoms in total. The van der Waals surface area contributed by atoms with E-state index in [1.54, 1.807) is 7.11 Å². The van der Waals surface area contributed by atoms with Crippen LogP contribution < -0.4 is 30.7 Å². The number of fused-ring (bicyclic) bond motifs is 1. The normalized spacial score (nSPS) is 15.6. The Bertz CT molecular complexity index is 1210. The number of hydrogen-bond acceptors (Lipinski definition) is 7. The van der Waals surface area contributed by atoms with Gasteiger partial charge in [0.2, 0.25) is 5.96 Å². The Kier molecular flexibility index (Phi) is 10.4. The zero-order valence-electron chi connectivity index (χ0n) is 22.4. The number of nitrogens with one attached hydrogen (secondary N) is 4. The van der Waals surface area contributed by atoms with E-state index in [0.717, 1.165) is 73.5 Å². The average molecular weight is 540 g/mol. The predicted molar refractivity (Wildman–Crippen MR) is 155 cm³/mol. The summed E-state index contributed by atoms with van der Waals surface area (Å²) >= 11 is 6.49. The minimum atomic E-state index is 0.516. The summed E-state index contributed by atoms with van der Waals surface area (Å²) in [5.41, 5.74) is 2.55. The van der Waals surface area contributed by atoms with Gasteiger partial charge < -0.3 is 30.7 Å². The van der Waals surface area contributed by atoms with E-state index in [1.165, 1.54) is 12.7 Å². The third-order valence-corrected chi connectivity index (χ3v) is 6.97. The number of anilines is 1. The van der Waals surface area contributed by atoms with Crippen LogP contribution in [0.2, 0.25) is 5.02 Å². The highest BCUT2D eigenvalue weighted by molar-refractivity contribution is 6.34. The third-order valence-electron chi connectivity index (χ3n) is 6.66. The van der Waals surface area contributed by atoms with E-state index in [1.807, 2.05) is 44.3 Å². The lowest BCUT2D eigenvalue weighted by molar-refractivity contribution is 0.278.